The van der Waals surface area contributed by atoms with Crippen LogP contribution < -0.4 is 9.64 Å². The summed E-state index contributed by atoms with van der Waals surface area (Å²) in [7, 11) is 2.12. The van der Waals surface area contributed by atoms with E-state index in [1.54, 1.807) is 0 Å². The van der Waals surface area contributed by atoms with Gasteiger partial charge in [0.05, 0.1) is 0 Å². The first kappa shape index (κ1) is 18.1. The van der Waals surface area contributed by atoms with Gasteiger partial charge in [-0.25, -0.2) is 10.2 Å². The van der Waals surface area contributed by atoms with Crippen LogP contribution in [0.4, 0.5) is 5.82 Å². The Morgan fingerprint density at radius 1 is 1.33 bits per heavy atom. The Morgan fingerprint density at radius 2 is 2.15 bits per heavy atom. The van der Waals surface area contributed by atoms with Crippen LogP contribution in [0.15, 0.2) is 6.07 Å². The van der Waals surface area contributed by atoms with Gasteiger partial charge in [0.15, 0.2) is 0 Å². The van der Waals surface area contributed by atoms with Gasteiger partial charge in [-0.15, -0.1) is 0 Å². The van der Waals surface area contributed by atoms with E-state index < -0.39 is 0 Å². The van der Waals surface area contributed by atoms with Crippen molar-refractivity contribution in [3.8, 4) is 17.9 Å². The molecule has 1 aliphatic carbocycles. The molecule has 3 aliphatic rings. The van der Waals surface area contributed by atoms with Gasteiger partial charge >= 0.3 is 0 Å². The molecular weight excluding hydrogens is 339 g/mol. The normalized spacial score (nSPS) is 25.1. The molecule has 140 valence electrons. The van der Waals surface area contributed by atoms with Crippen molar-refractivity contribution >= 4 is 12.5 Å². The minimum Gasteiger partial charge on any atom is -0.473 e. The summed E-state index contributed by atoms with van der Waals surface area (Å²) < 4.78 is 6.13. The van der Waals surface area contributed by atoms with Gasteiger partial charge in [-0.2, -0.15) is 10.2 Å². The fourth-order valence-corrected chi connectivity index (χ4v) is 4.71. The van der Waals surface area contributed by atoms with E-state index in [4.69, 9.17) is 4.74 Å². The van der Waals surface area contributed by atoms with Crippen LogP contribution in [0.1, 0.15) is 38.4 Å². The highest BCUT2D eigenvalue weighted by Crippen LogP contribution is 2.59. The predicted molar refractivity (Wildman–Crippen MR) is 103 cm³/mol. The molecule has 2 saturated heterocycles. The molecule has 1 aromatic heterocycles. The molecule has 0 bridgehead atoms. The molecule has 1 saturated carbocycles. The third kappa shape index (κ3) is 3.47. The fourth-order valence-electron chi connectivity index (χ4n) is 4.71. The maximum absolute atomic E-state index is 9.41. The summed E-state index contributed by atoms with van der Waals surface area (Å²) in [6.07, 6.45) is 5.36. The summed E-state index contributed by atoms with van der Waals surface area (Å²) in [5.41, 5.74) is 0. The summed E-state index contributed by atoms with van der Waals surface area (Å²) >= 11 is 0. The van der Waals surface area contributed by atoms with E-state index >= 15 is 0 Å². The largest absolute Gasteiger partial charge is 0.473 e. The molecule has 4 rings (SSSR count). The van der Waals surface area contributed by atoms with Crippen molar-refractivity contribution < 1.29 is 4.74 Å². The second-order valence-electron chi connectivity index (χ2n) is 8.27. The highest BCUT2D eigenvalue weighted by molar-refractivity contribution is 6.71. The van der Waals surface area contributed by atoms with Crippen LogP contribution in [-0.2, 0) is 0 Å². The van der Waals surface area contributed by atoms with Crippen LogP contribution in [0.25, 0.3) is 0 Å². The minimum atomic E-state index is 0.00546. The number of aromatic nitrogens is 2. The van der Waals surface area contributed by atoms with Crippen LogP contribution in [-0.4, -0.2) is 60.4 Å². The number of rotatable bonds is 4. The first-order valence-corrected chi connectivity index (χ1v) is 9.85. The fraction of sp³-hybridized carbons (Fsp3) is 0.684. The van der Waals surface area contributed by atoms with E-state index in [-0.39, 0.29) is 24.0 Å². The molecule has 2 atom stereocenters. The molecule has 1 spiro atoms. The number of hydrogen-bond acceptors (Lipinski definition) is 7. The molecule has 0 radical (unpaired) electrons. The van der Waals surface area contributed by atoms with Crippen molar-refractivity contribution in [1.82, 2.24) is 14.9 Å². The number of nitrogens with zero attached hydrogens (tertiary/aromatic N) is 6. The monoisotopic (exact) mass is 364 g/mol. The molecule has 0 N–H and O–H groups in total. The molecule has 1 unspecified atom stereocenters. The van der Waals surface area contributed by atoms with Crippen LogP contribution in [0, 0.1) is 22.6 Å². The summed E-state index contributed by atoms with van der Waals surface area (Å²) in [5, 5.41) is 18.9. The molecule has 0 aromatic carbocycles. The molecule has 3 heterocycles. The zero-order valence-electron chi connectivity index (χ0n) is 16.1. The Labute approximate surface area is 161 Å². The average Bonchev–Trinajstić information content (AvgIpc) is 3.29. The number of nitriles is 2. The highest BCUT2D eigenvalue weighted by atomic mass is 16.5. The lowest BCUT2D eigenvalue weighted by Gasteiger charge is -2.35. The SMILES string of the molecule is C[C@H](Oc1cc(N2CCB(C#N)C3(CC3)C2)nc(C#N)n1)C1CCCN1C. The lowest BCUT2D eigenvalue weighted by Crippen LogP contribution is -2.43. The summed E-state index contributed by atoms with van der Waals surface area (Å²) in [6, 6.07) is 4.29. The van der Waals surface area contributed by atoms with Crippen molar-refractivity contribution in [3.63, 3.8) is 0 Å². The summed E-state index contributed by atoms with van der Waals surface area (Å²) in [4.78, 5) is 13.2. The van der Waals surface area contributed by atoms with Gasteiger partial charge in [-0.1, -0.05) is 12.8 Å². The van der Waals surface area contributed by atoms with Crippen LogP contribution in [0.2, 0.25) is 11.6 Å². The molecule has 7 nitrogen and oxygen atoms in total. The van der Waals surface area contributed by atoms with Gasteiger partial charge < -0.3 is 9.64 Å². The molecular formula is C19H25BN6O. The molecule has 1 aromatic rings. The van der Waals surface area contributed by atoms with Crippen molar-refractivity contribution in [2.45, 2.75) is 56.4 Å². The van der Waals surface area contributed by atoms with Gasteiger partial charge in [-0.05, 0) is 45.0 Å². The maximum Gasteiger partial charge on any atom is 0.277 e. The van der Waals surface area contributed by atoms with Gasteiger partial charge in [0.2, 0.25) is 11.7 Å². The van der Waals surface area contributed by atoms with E-state index in [0.29, 0.717) is 11.9 Å². The van der Waals surface area contributed by atoms with Gasteiger partial charge in [0.25, 0.3) is 6.71 Å². The number of anilines is 1. The summed E-state index contributed by atoms with van der Waals surface area (Å²) in [6.45, 7) is 4.90. The average molecular weight is 364 g/mol. The van der Waals surface area contributed by atoms with E-state index in [1.807, 2.05) is 6.07 Å². The Kier molecular flexibility index (Phi) is 4.69. The first-order valence-electron chi connectivity index (χ1n) is 9.85. The predicted octanol–water partition coefficient (Wildman–Crippen LogP) is 2.12. The van der Waals surface area contributed by atoms with Gasteiger partial charge in [-0.3, -0.25) is 4.90 Å². The number of likely N-dealkylation sites (N-methyl/N-ethyl adjacent to an activating group) is 1. The van der Waals surface area contributed by atoms with Crippen molar-refractivity contribution in [2.75, 3.05) is 31.6 Å². The topological polar surface area (TPSA) is 89.1 Å². The number of likely N-dealkylation sites (tertiary alicyclic amines) is 1. The zero-order chi connectivity index (χ0) is 19.0. The molecule has 2 aliphatic heterocycles. The lowest BCUT2D eigenvalue weighted by atomic mass is 9.36. The Bertz CT molecular complexity index is 798. The Hall–Kier alpha value is -2.32. The first-order chi connectivity index (χ1) is 13.0. The van der Waals surface area contributed by atoms with Crippen LogP contribution in [0.5, 0.6) is 5.88 Å². The number of hydrogen-bond donors (Lipinski definition) is 0. The Balaban J connectivity index is 1.53. The van der Waals surface area contributed by atoms with E-state index in [1.165, 1.54) is 6.42 Å². The second-order valence-corrected chi connectivity index (χ2v) is 8.27. The maximum atomic E-state index is 9.41. The quantitative estimate of drug-likeness (QED) is 0.756. The summed E-state index contributed by atoms with van der Waals surface area (Å²) in [5.74, 6) is 3.83. The molecule has 0 amide bonds. The molecule has 8 heteroatoms. The van der Waals surface area contributed by atoms with Crippen molar-refractivity contribution in [1.29, 1.82) is 10.5 Å². The second kappa shape index (κ2) is 7.01. The third-order valence-electron chi connectivity index (χ3n) is 6.52. The van der Waals surface area contributed by atoms with Gasteiger partial charge in [0, 0.05) is 31.2 Å². The standard InChI is InChI=1S/C19H25BN6O/c1-14(15-4-3-8-25(15)2)27-18-10-17(23-16(11-21)24-18)26-9-7-20(13-22)19(12-26)5-6-19/h10,14-15H,3-9,12H2,1-2H3/t14-,15?/m0/s1. The van der Waals surface area contributed by atoms with Gasteiger partial charge in [0.1, 0.15) is 18.0 Å². The lowest BCUT2D eigenvalue weighted by molar-refractivity contribution is 0.117. The van der Waals surface area contributed by atoms with E-state index in [2.05, 4.69) is 45.8 Å². The van der Waals surface area contributed by atoms with E-state index in [9.17, 15) is 10.5 Å². The smallest absolute Gasteiger partial charge is 0.277 e. The Morgan fingerprint density at radius 3 is 2.78 bits per heavy atom. The minimum absolute atomic E-state index is 0.00546. The zero-order valence-corrected chi connectivity index (χ0v) is 16.1. The van der Waals surface area contributed by atoms with E-state index in [0.717, 1.165) is 51.0 Å². The van der Waals surface area contributed by atoms with Crippen LogP contribution in [0.3, 0.4) is 0 Å². The molecule has 27 heavy (non-hydrogen) atoms. The number of ether oxygens (including phenoxy) is 1. The van der Waals surface area contributed by atoms with Crippen molar-refractivity contribution in [2.24, 2.45) is 0 Å². The van der Waals surface area contributed by atoms with Crippen molar-refractivity contribution in [3.05, 3.63) is 11.9 Å². The van der Waals surface area contributed by atoms with Crippen LogP contribution >= 0.6 is 0 Å². The highest BCUT2D eigenvalue weighted by Gasteiger charge is 2.55. The third-order valence-corrected chi connectivity index (χ3v) is 6.52. The molecule has 3 fully saturated rings.